The summed E-state index contributed by atoms with van der Waals surface area (Å²) in [6.45, 7) is 6.28. The summed E-state index contributed by atoms with van der Waals surface area (Å²) >= 11 is 3.50. The predicted octanol–water partition coefficient (Wildman–Crippen LogP) is 3.11. The molecule has 1 atom stereocenters. The van der Waals surface area contributed by atoms with Gasteiger partial charge in [-0.2, -0.15) is 0 Å². The highest BCUT2D eigenvalue weighted by atomic mass is 79.9. The molecule has 2 N–H and O–H groups in total. The quantitative estimate of drug-likeness (QED) is 0.919. The molecule has 0 aliphatic rings. The summed E-state index contributed by atoms with van der Waals surface area (Å²) in [7, 11) is 2.15. The van der Waals surface area contributed by atoms with Crippen LogP contribution in [-0.2, 0) is 6.54 Å². The number of fused-ring (bicyclic) bond motifs is 1. The number of imidazole rings is 1. The third-order valence-electron chi connectivity index (χ3n) is 3.76. The number of benzene rings is 1. The number of likely N-dealkylation sites (N-methyl/N-ethyl adjacent to an activating group) is 1. The maximum atomic E-state index is 6.02. The molecule has 19 heavy (non-hydrogen) atoms. The van der Waals surface area contributed by atoms with Crippen molar-refractivity contribution in [1.82, 2.24) is 14.5 Å². The minimum absolute atomic E-state index is 0.586. The number of rotatable bonds is 5. The van der Waals surface area contributed by atoms with E-state index < -0.39 is 0 Å². The molecule has 0 aliphatic heterocycles. The summed E-state index contributed by atoms with van der Waals surface area (Å²) < 4.78 is 3.13. The molecule has 5 heteroatoms. The largest absolute Gasteiger partial charge is 0.369 e. The average molecular weight is 325 g/mol. The van der Waals surface area contributed by atoms with E-state index in [1.165, 1.54) is 0 Å². The van der Waals surface area contributed by atoms with Crippen molar-refractivity contribution in [2.45, 2.75) is 32.9 Å². The van der Waals surface area contributed by atoms with Crippen molar-refractivity contribution < 1.29 is 0 Å². The van der Waals surface area contributed by atoms with E-state index in [4.69, 9.17) is 5.73 Å². The Bertz CT molecular complexity index is 564. The molecule has 0 fully saturated rings. The first-order chi connectivity index (χ1) is 9.02. The second-order valence-corrected chi connectivity index (χ2v) is 5.91. The fraction of sp³-hybridized carbons (Fsp3) is 0.500. The van der Waals surface area contributed by atoms with Gasteiger partial charge < -0.3 is 15.2 Å². The maximum absolute atomic E-state index is 6.02. The van der Waals surface area contributed by atoms with Gasteiger partial charge in [0.2, 0.25) is 5.95 Å². The van der Waals surface area contributed by atoms with Crippen molar-refractivity contribution >= 4 is 32.9 Å². The lowest BCUT2D eigenvalue weighted by molar-refractivity contribution is 0.244. The van der Waals surface area contributed by atoms with Crippen LogP contribution in [-0.4, -0.2) is 34.1 Å². The van der Waals surface area contributed by atoms with Gasteiger partial charge >= 0.3 is 0 Å². The third kappa shape index (κ3) is 3.09. The van der Waals surface area contributed by atoms with Crippen LogP contribution >= 0.6 is 15.9 Å². The van der Waals surface area contributed by atoms with Gasteiger partial charge in [0.15, 0.2) is 0 Å². The Kier molecular flexibility index (Phi) is 4.47. The fourth-order valence-corrected chi connectivity index (χ4v) is 2.49. The van der Waals surface area contributed by atoms with E-state index in [1.807, 2.05) is 12.1 Å². The van der Waals surface area contributed by atoms with Crippen LogP contribution in [0.2, 0.25) is 0 Å². The van der Waals surface area contributed by atoms with Gasteiger partial charge in [0, 0.05) is 23.6 Å². The van der Waals surface area contributed by atoms with Gasteiger partial charge in [-0.25, -0.2) is 4.98 Å². The Hall–Kier alpha value is -1.07. The fourth-order valence-electron chi connectivity index (χ4n) is 2.14. The van der Waals surface area contributed by atoms with E-state index in [1.54, 1.807) is 0 Å². The minimum Gasteiger partial charge on any atom is -0.369 e. The van der Waals surface area contributed by atoms with E-state index in [0.29, 0.717) is 12.0 Å². The van der Waals surface area contributed by atoms with Crippen molar-refractivity contribution in [2.75, 3.05) is 19.3 Å². The van der Waals surface area contributed by atoms with Crippen molar-refractivity contribution in [3.63, 3.8) is 0 Å². The van der Waals surface area contributed by atoms with Gasteiger partial charge in [-0.15, -0.1) is 0 Å². The first-order valence-electron chi connectivity index (χ1n) is 6.64. The molecule has 0 radical (unpaired) electrons. The molecule has 1 aromatic heterocycles. The molecule has 2 rings (SSSR count). The predicted molar refractivity (Wildman–Crippen MR) is 84.2 cm³/mol. The van der Waals surface area contributed by atoms with Gasteiger partial charge in [-0.3, -0.25) is 0 Å². The van der Waals surface area contributed by atoms with Crippen LogP contribution in [0.25, 0.3) is 11.0 Å². The molecule has 0 spiro atoms. The lowest BCUT2D eigenvalue weighted by atomic mass is 10.2. The van der Waals surface area contributed by atoms with E-state index in [-0.39, 0.29) is 0 Å². The van der Waals surface area contributed by atoms with Crippen molar-refractivity contribution in [3.05, 3.63) is 22.7 Å². The van der Waals surface area contributed by atoms with Crippen LogP contribution < -0.4 is 5.73 Å². The van der Waals surface area contributed by atoms with Gasteiger partial charge in [0.25, 0.3) is 0 Å². The summed E-state index contributed by atoms with van der Waals surface area (Å²) in [6, 6.07) is 6.64. The monoisotopic (exact) mass is 324 g/mol. The first-order valence-corrected chi connectivity index (χ1v) is 7.43. The number of hydrogen-bond acceptors (Lipinski definition) is 3. The summed E-state index contributed by atoms with van der Waals surface area (Å²) in [5.41, 5.74) is 8.05. The smallest absolute Gasteiger partial charge is 0.201 e. The molecule has 2 aromatic rings. The molecule has 0 amide bonds. The molecule has 1 aromatic carbocycles. The van der Waals surface area contributed by atoms with Crippen LogP contribution in [0.15, 0.2) is 22.7 Å². The van der Waals surface area contributed by atoms with E-state index >= 15 is 0 Å². The highest BCUT2D eigenvalue weighted by Gasteiger charge is 2.11. The third-order valence-corrected chi connectivity index (χ3v) is 4.25. The molecule has 1 unspecified atom stereocenters. The van der Waals surface area contributed by atoms with Crippen LogP contribution in [0.5, 0.6) is 0 Å². The standard InChI is InChI=1S/C14H21BrN4/c1-4-10(2)18(3)7-8-19-13-9-11(15)5-6-12(13)17-14(19)16/h5-6,9-10H,4,7-8H2,1-3H3,(H2,16,17). The molecule has 0 saturated carbocycles. The number of nitrogens with zero attached hydrogens (tertiary/aromatic N) is 3. The van der Waals surface area contributed by atoms with E-state index in [0.717, 1.165) is 35.0 Å². The van der Waals surface area contributed by atoms with Crippen LogP contribution in [0.4, 0.5) is 5.95 Å². The Morgan fingerprint density at radius 1 is 1.47 bits per heavy atom. The second kappa shape index (κ2) is 5.92. The number of hydrogen-bond donors (Lipinski definition) is 1. The van der Waals surface area contributed by atoms with Gasteiger partial charge in [-0.05, 0) is 38.6 Å². The summed E-state index contributed by atoms with van der Waals surface area (Å²) in [6.07, 6.45) is 1.15. The number of nitrogen functional groups attached to an aromatic ring is 1. The molecule has 0 bridgehead atoms. The molecular weight excluding hydrogens is 304 g/mol. The number of nitrogens with two attached hydrogens (primary N) is 1. The molecule has 1 heterocycles. The Morgan fingerprint density at radius 3 is 2.89 bits per heavy atom. The normalized spacial score (nSPS) is 13.3. The summed E-state index contributed by atoms with van der Waals surface area (Å²) in [5, 5.41) is 0. The van der Waals surface area contributed by atoms with Gasteiger partial charge in [0.05, 0.1) is 11.0 Å². The topological polar surface area (TPSA) is 47.1 Å². The van der Waals surface area contributed by atoms with Crippen molar-refractivity contribution in [2.24, 2.45) is 0 Å². The van der Waals surface area contributed by atoms with Gasteiger partial charge in [0.1, 0.15) is 0 Å². The van der Waals surface area contributed by atoms with E-state index in [9.17, 15) is 0 Å². The second-order valence-electron chi connectivity index (χ2n) is 4.99. The zero-order chi connectivity index (χ0) is 14.0. The number of aromatic nitrogens is 2. The zero-order valence-electron chi connectivity index (χ0n) is 11.7. The number of anilines is 1. The molecule has 0 saturated heterocycles. The molecule has 4 nitrogen and oxygen atoms in total. The minimum atomic E-state index is 0.586. The Balaban J connectivity index is 2.20. The zero-order valence-corrected chi connectivity index (χ0v) is 13.3. The highest BCUT2D eigenvalue weighted by Crippen LogP contribution is 2.22. The SMILES string of the molecule is CCC(C)N(C)CCn1c(N)nc2ccc(Br)cc21. The lowest BCUT2D eigenvalue weighted by Gasteiger charge is -2.23. The lowest BCUT2D eigenvalue weighted by Crippen LogP contribution is -2.31. The Morgan fingerprint density at radius 2 is 2.21 bits per heavy atom. The van der Waals surface area contributed by atoms with Crippen LogP contribution in [0, 0.1) is 0 Å². The average Bonchev–Trinajstić information content (AvgIpc) is 2.70. The van der Waals surface area contributed by atoms with Crippen LogP contribution in [0.3, 0.4) is 0 Å². The van der Waals surface area contributed by atoms with Gasteiger partial charge in [-0.1, -0.05) is 22.9 Å². The van der Waals surface area contributed by atoms with Crippen molar-refractivity contribution in [3.8, 4) is 0 Å². The first kappa shape index (κ1) is 14.3. The maximum Gasteiger partial charge on any atom is 0.201 e. The summed E-state index contributed by atoms with van der Waals surface area (Å²) in [5.74, 6) is 0.589. The molecular formula is C14H21BrN4. The molecule has 104 valence electrons. The van der Waals surface area contributed by atoms with Crippen LogP contribution in [0.1, 0.15) is 20.3 Å². The molecule has 0 aliphatic carbocycles. The van der Waals surface area contributed by atoms with Crippen molar-refractivity contribution in [1.29, 1.82) is 0 Å². The summed E-state index contributed by atoms with van der Waals surface area (Å²) in [4.78, 5) is 6.75. The highest BCUT2D eigenvalue weighted by molar-refractivity contribution is 9.10. The number of halogens is 1. The van der Waals surface area contributed by atoms with E-state index in [2.05, 4.69) is 57.3 Å². The Labute approximate surface area is 122 Å².